The van der Waals surface area contributed by atoms with Gasteiger partial charge in [0, 0.05) is 12.3 Å². The van der Waals surface area contributed by atoms with Crippen LogP contribution in [0.15, 0.2) is 29.3 Å². The lowest BCUT2D eigenvalue weighted by Crippen LogP contribution is -2.10. The molecule has 0 atom stereocenters. The van der Waals surface area contributed by atoms with Crippen LogP contribution in [0.2, 0.25) is 0 Å². The van der Waals surface area contributed by atoms with Gasteiger partial charge in [-0.1, -0.05) is 0 Å². The molecule has 68 valence electrons. The van der Waals surface area contributed by atoms with E-state index in [4.69, 9.17) is 0 Å². The Balaban J connectivity index is 2.71. The highest BCUT2D eigenvalue weighted by molar-refractivity contribution is 5.74. The molecule has 0 radical (unpaired) electrons. The molecule has 0 saturated heterocycles. The number of nitrogens with zero attached hydrogens (tertiary/aromatic N) is 4. The van der Waals surface area contributed by atoms with Gasteiger partial charge in [0.2, 0.25) is 0 Å². The maximum atomic E-state index is 11.3. The standard InChI is InChI=1S/C8H5N5O/c14-8-7-5(1-3-9-8)13-6(11-12-7)2-4-10-13/h1-4H,(H,9,14). The highest BCUT2D eigenvalue weighted by atomic mass is 16.1. The number of fused-ring (bicyclic) bond motifs is 3. The van der Waals surface area contributed by atoms with E-state index in [9.17, 15) is 4.79 Å². The normalized spacial score (nSPS) is 11.1. The summed E-state index contributed by atoms with van der Waals surface area (Å²) in [6.45, 7) is 0. The van der Waals surface area contributed by atoms with E-state index in [1.807, 2.05) is 0 Å². The Morgan fingerprint density at radius 3 is 3.14 bits per heavy atom. The molecular formula is C8H5N5O. The lowest BCUT2D eigenvalue weighted by molar-refractivity contribution is 0.935. The first-order valence-corrected chi connectivity index (χ1v) is 4.04. The molecule has 3 aromatic rings. The number of nitrogens with one attached hydrogen (secondary N) is 1. The smallest absolute Gasteiger partial charge is 0.277 e. The Morgan fingerprint density at radius 1 is 1.29 bits per heavy atom. The van der Waals surface area contributed by atoms with Crippen LogP contribution < -0.4 is 5.56 Å². The molecule has 14 heavy (non-hydrogen) atoms. The first-order valence-electron chi connectivity index (χ1n) is 4.04. The van der Waals surface area contributed by atoms with Crippen molar-refractivity contribution in [3.8, 4) is 0 Å². The highest BCUT2D eigenvalue weighted by Gasteiger charge is 2.04. The van der Waals surface area contributed by atoms with Crippen LogP contribution in [-0.4, -0.2) is 24.8 Å². The van der Waals surface area contributed by atoms with Gasteiger partial charge in [-0.25, -0.2) is 4.52 Å². The number of pyridine rings is 1. The van der Waals surface area contributed by atoms with E-state index in [2.05, 4.69) is 20.3 Å². The van der Waals surface area contributed by atoms with Gasteiger partial charge in [-0.15, -0.1) is 10.2 Å². The van der Waals surface area contributed by atoms with Crippen molar-refractivity contribution in [1.82, 2.24) is 24.8 Å². The molecule has 6 nitrogen and oxygen atoms in total. The maximum absolute atomic E-state index is 11.3. The summed E-state index contributed by atoms with van der Waals surface area (Å²) in [5.41, 5.74) is 1.32. The third-order valence-electron chi connectivity index (χ3n) is 2.02. The van der Waals surface area contributed by atoms with Gasteiger partial charge in [-0.3, -0.25) is 4.79 Å². The third kappa shape index (κ3) is 0.792. The van der Waals surface area contributed by atoms with Crippen LogP contribution in [0.1, 0.15) is 0 Å². The summed E-state index contributed by atoms with van der Waals surface area (Å²) in [6.07, 6.45) is 3.18. The van der Waals surface area contributed by atoms with Crippen molar-refractivity contribution in [2.45, 2.75) is 0 Å². The predicted molar refractivity (Wildman–Crippen MR) is 48.9 cm³/mol. The molecule has 0 spiro atoms. The monoisotopic (exact) mass is 187 g/mol. The third-order valence-corrected chi connectivity index (χ3v) is 2.02. The average molecular weight is 187 g/mol. The molecule has 0 aliphatic heterocycles. The zero-order chi connectivity index (χ0) is 9.54. The zero-order valence-corrected chi connectivity index (χ0v) is 7.01. The average Bonchev–Trinajstić information content (AvgIpc) is 2.66. The minimum Gasteiger partial charge on any atom is -0.327 e. The molecule has 0 fully saturated rings. The van der Waals surface area contributed by atoms with Crippen molar-refractivity contribution < 1.29 is 0 Å². The quantitative estimate of drug-likeness (QED) is 0.536. The molecule has 0 aliphatic carbocycles. The van der Waals surface area contributed by atoms with E-state index in [-0.39, 0.29) is 5.56 Å². The summed E-state index contributed by atoms with van der Waals surface area (Å²) in [6, 6.07) is 3.47. The lowest BCUT2D eigenvalue weighted by Gasteiger charge is -1.96. The molecule has 3 heterocycles. The molecule has 3 rings (SSSR count). The van der Waals surface area contributed by atoms with Crippen LogP contribution in [0.25, 0.3) is 16.7 Å². The maximum Gasteiger partial charge on any atom is 0.277 e. The summed E-state index contributed by atoms with van der Waals surface area (Å²) in [5, 5.41) is 11.7. The van der Waals surface area contributed by atoms with Gasteiger partial charge in [0.25, 0.3) is 5.56 Å². The fourth-order valence-electron chi connectivity index (χ4n) is 1.39. The van der Waals surface area contributed by atoms with Gasteiger partial charge in [-0.05, 0) is 6.07 Å². The molecule has 0 saturated carbocycles. The summed E-state index contributed by atoms with van der Waals surface area (Å²) in [7, 11) is 0. The van der Waals surface area contributed by atoms with Gasteiger partial charge in [-0.2, -0.15) is 5.10 Å². The predicted octanol–water partition coefficient (Wildman–Crippen LogP) is -0.0342. The van der Waals surface area contributed by atoms with Crippen LogP contribution in [0, 0.1) is 0 Å². The van der Waals surface area contributed by atoms with Crippen LogP contribution in [0.4, 0.5) is 0 Å². The first-order chi connectivity index (χ1) is 6.86. The van der Waals surface area contributed by atoms with Crippen molar-refractivity contribution in [1.29, 1.82) is 0 Å². The highest BCUT2D eigenvalue weighted by Crippen LogP contribution is 2.06. The number of H-pyrrole nitrogens is 1. The molecule has 6 heteroatoms. The van der Waals surface area contributed by atoms with Crippen molar-refractivity contribution in [2.24, 2.45) is 0 Å². The van der Waals surface area contributed by atoms with Crippen molar-refractivity contribution in [2.75, 3.05) is 0 Å². The Hall–Kier alpha value is -2.24. The summed E-state index contributed by atoms with van der Waals surface area (Å²) >= 11 is 0. The van der Waals surface area contributed by atoms with Crippen LogP contribution in [0.3, 0.4) is 0 Å². The Bertz CT molecular complexity index is 668. The van der Waals surface area contributed by atoms with Crippen LogP contribution in [-0.2, 0) is 0 Å². The van der Waals surface area contributed by atoms with E-state index in [1.165, 1.54) is 0 Å². The second kappa shape index (κ2) is 2.38. The van der Waals surface area contributed by atoms with Gasteiger partial charge < -0.3 is 4.98 Å². The SMILES string of the molecule is O=c1[nH]ccc2c1nnc1ccnn12. The van der Waals surface area contributed by atoms with E-state index in [0.29, 0.717) is 16.7 Å². The largest absolute Gasteiger partial charge is 0.327 e. The minimum absolute atomic E-state index is 0.257. The number of rotatable bonds is 0. The molecule has 0 aromatic carbocycles. The van der Waals surface area contributed by atoms with Gasteiger partial charge >= 0.3 is 0 Å². The summed E-state index contributed by atoms with van der Waals surface area (Å²) < 4.78 is 1.58. The molecule has 0 aliphatic rings. The lowest BCUT2D eigenvalue weighted by atomic mass is 10.4. The van der Waals surface area contributed by atoms with E-state index in [0.717, 1.165) is 0 Å². The Kier molecular flexibility index (Phi) is 1.22. The van der Waals surface area contributed by atoms with Gasteiger partial charge in [0.05, 0.1) is 6.20 Å². The molecule has 0 bridgehead atoms. The fourth-order valence-corrected chi connectivity index (χ4v) is 1.39. The molecule has 3 aromatic heterocycles. The summed E-state index contributed by atoms with van der Waals surface area (Å²) in [5.74, 6) is 0. The van der Waals surface area contributed by atoms with Crippen molar-refractivity contribution >= 4 is 16.7 Å². The fraction of sp³-hybridized carbons (Fsp3) is 0. The van der Waals surface area contributed by atoms with E-state index >= 15 is 0 Å². The second-order valence-corrected chi connectivity index (χ2v) is 2.84. The Labute approximate surface area is 77.2 Å². The van der Waals surface area contributed by atoms with E-state index < -0.39 is 0 Å². The second-order valence-electron chi connectivity index (χ2n) is 2.84. The zero-order valence-electron chi connectivity index (χ0n) is 7.01. The van der Waals surface area contributed by atoms with Crippen molar-refractivity contribution in [3.05, 3.63) is 34.9 Å². The number of hydrogen-bond donors (Lipinski definition) is 1. The van der Waals surface area contributed by atoms with Crippen LogP contribution >= 0.6 is 0 Å². The number of hydrogen-bond acceptors (Lipinski definition) is 4. The van der Waals surface area contributed by atoms with Crippen LogP contribution in [0.5, 0.6) is 0 Å². The summed E-state index contributed by atoms with van der Waals surface area (Å²) in [4.78, 5) is 13.9. The molecule has 1 N–H and O–H groups in total. The van der Waals surface area contributed by atoms with E-state index in [1.54, 1.807) is 29.0 Å². The first kappa shape index (κ1) is 7.19. The Morgan fingerprint density at radius 2 is 2.21 bits per heavy atom. The number of aromatic nitrogens is 5. The molecule has 0 unspecified atom stereocenters. The molecule has 0 amide bonds. The topological polar surface area (TPSA) is 75.9 Å². The number of aromatic amines is 1. The molecular weight excluding hydrogens is 182 g/mol. The van der Waals surface area contributed by atoms with Gasteiger partial charge in [0.15, 0.2) is 11.2 Å². The van der Waals surface area contributed by atoms with Crippen molar-refractivity contribution in [3.63, 3.8) is 0 Å². The minimum atomic E-state index is -0.257. The van der Waals surface area contributed by atoms with Gasteiger partial charge in [0.1, 0.15) is 5.52 Å².